The minimum Gasteiger partial charge on any atom is -0.374 e. The van der Waals surface area contributed by atoms with Gasteiger partial charge in [-0.25, -0.2) is 8.42 Å². The van der Waals surface area contributed by atoms with Crippen LogP contribution in [0, 0.1) is 0 Å². The van der Waals surface area contributed by atoms with Crippen LogP contribution >= 0.6 is 0 Å². The van der Waals surface area contributed by atoms with Crippen molar-refractivity contribution in [2.75, 3.05) is 13.1 Å². The summed E-state index contributed by atoms with van der Waals surface area (Å²) in [7, 11) is -3.43. The van der Waals surface area contributed by atoms with Crippen LogP contribution in [0.25, 0.3) is 0 Å². The van der Waals surface area contributed by atoms with Crippen molar-refractivity contribution >= 4 is 15.9 Å². The average Bonchev–Trinajstić information content (AvgIpc) is 2.77. The van der Waals surface area contributed by atoms with Crippen LogP contribution in [0.4, 0.5) is 0 Å². The number of benzene rings is 2. The number of nitrogens with one attached hydrogen (secondary N) is 1. The van der Waals surface area contributed by atoms with E-state index in [9.17, 15) is 13.2 Å². The van der Waals surface area contributed by atoms with Gasteiger partial charge in [0.2, 0.25) is 10.0 Å². The summed E-state index contributed by atoms with van der Waals surface area (Å²) in [6, 6.07) is 14.1. The van der Waals surface area contributed by atoms with Crippen molar-refractivity contribution in [1.29, 1.82) is 0 Å². The van der Waals surface area contributed by atoms with Crippen LogP contribution < -0.4 is 5.32 Å². The summed E-state index contributed by atoms with van der Waals surface area (Å²) in [6.07, 6.45) is 3.07. The highest BCUT2D eigenvalue weighted by molar-refractivity contribution is 7.89. The minimum absolute atomic E-state index is 0.161. The number of hydrogen-bond acceptors (Lipinski definition) is 4. The Kier molecular flexibility index (Phi) is 7.64. The van der Waals surface area contributed by atoms with E-state index in [4.69, 9.17) is 4.74 Å². The number of carbonyl (C=O) groups is 1. The number of nitrogens with zero attached hydrogens (tertiary/aromatic N) is 1. The first-order chi connectivity index (χ1) is 14.4. The van der Waals surface area contributed by atoms with Gasteiger partial charge in [-0.1, -0.05) is 30.7 Å². The highest BCUT2D eigenvalue weighted by Gasteiger charge is 2.25. The monoisotopic (exact) mass is 430 g/mol. The predicted molar refractivity (Wildman–Crippen MR) is 117 cm³/mol. The fourth-order valence-electron chi connectivity index (χ4n) is 3.33. The van der Waals surface area contributed by atoms with Crippen molar-refractivity contribution in [2.45, 2.75) is 57.3 Å². The molecule has 1 aliphatic rings. The van der Waals surface area contributed by atoms with E-state index in [-0.39, 0.29) is 12.0 Å². The van der Waals surface area contributed by atoms with Crippen molar-refractivity contribution in [3.05, 3.63) is 65.2 Å². The Morgan fingerprint density at radius 2 is 1.57 bits per heavy atom. The van der Waals surface area contributed by atoms with Gasteiger partial charge in [-0.2, -0.15) is 4.31 Å². The molecule has 2 aromatic rings. The minimum atomic E-state index is -3.43. The Labute approximate surface area is 179 Å². The third-order valence-corrected chi connectivity index (χ3v) is 7.04. The molecule has 0 bridgehead atoms. The summed E-state index contributed by atoms with van der Waals surface area (Å²) in [4.78, 5) is 12.7. The van der Waals surface area contributed by atoms with Crippen LogP contribution in [0.1, 0.15) is 54.6 Å². The van der Waals surface area contributed by atoms with Gasteiger partial charge in [-0.05, 0) is 62.1 Å². The van der Waals surface area contributed by atoms with Crippen LogP contribution in [0.5, 0.6) is 0 Å². The third-order valence-electron chi connectivity index (χ3n) is 5.13. The molecule has 1 amide bonds. The first-order valence-corrected chi connectivity index (χ1v) is 11.9. The summed E-state index contributed by atoms with van der Waals surface area (Å²) in [6.45, 7) is 5.99. The average molecular weight is 431 g/mol. The lowest BCUT2D eigenvalue weighted by Gasteiger charge is -2.25. The Balaban J connectivity index is 1.55. The molecule has 0 aliphatic carbocycles. The highest BCUT2D eigenvalue weighted by atomic mass is 32.2. The van der Waals surface area contributed by atoms with Gasteiger partial charge in [-0.15, -0.1) is 0 Å². The lowest BCUT2D eigenvalue weighted by atomic mass is 10.1. The maximum absolute atomic E-state index is 12.7. The number of ether oxygens (including phenoxy) is 1. The van der Waals surface area contributed by atoms with E-state index in [2.05, 4.69) is 5.32 Å². The maximum Gasteiger partial charge on any atom is 0.251 e. The molecule has 7 heteroatoms. The van der Waals surface area contributed by atoms with Crippen LogP contribution in [0.15, 0.2) is 53.4 Å². The van der Waals surface area contributed by atoms with Gasteiger partial charge in [-0.3, -0.25) is 4.79 Å². The molecule has 0 unspecified atom stereocenters. The van der Waals surface area contributed by atoms with Gasteiger partial charge in [0.1, 0.15) is 0 Å². The maximum atomic E-state index is 12.7. The van der Waals surface area contributed by atoms with Gasteiger partial charge in [0.25, 0.3) is 5.91 Å². The Hall–Kier alpha value is -2.22. The molecule has 2 aromatic carbocycles. The molecule has 3 rings (SSSR count). The van der Waals surface area contributed by atoms with Crippen LogP contribution in [-0.4, -0.2) is 37.8 Å². The van der Waals surface area contributed by atoms with Crippen molar-refractivity contribution in [3.8, 4) is 0 Å². The third kappa shape index (κ3) is 5.90. The van der Waals surface area contributed by atoms with E-state index in [1.54, 1.807) is 40.7 Å². The Bertz CT molecular complexity index is 932. The molecular formula is C23H30N2O4S. The fourth-order valence-corrected chi connectivity index (χ4v) is 4.85. The molecule has 1 fully saturated rings. The molecule has 1 N–H and O–H groups in total. The van der Waals surface area contributed by atoms with Gasteiger partial charge in [0, 0.05) is 25.2 Å². The zero-order chi connectivity index (χ0) is 21.6. The lowest BCUT2D eigenvalue weighted by molar-refractivity contribution is 0.0657. The second-order valence-electron chi connectivity index (χ2n) is 7.85. The highest BCUT2D eigenvalue weighted by Crippen LogP contribution is 2.21. The molecular weight excluding hydrogens is 400 g/mol. The fraction of sp³-hybridized carbons (Fsp3) is 0.435. The number of piperidine rings is 1. The predicted octanol–water partition coefficient (Wildman–Crippen LogP) is 3.72. The summed E-state index contributed by atoms with van der Waals surface area (Å²) in [5.74, 6) is -0.170. The summed E-state index contributed by atoms with van der Waals surface area (Å²) >= 11 is 0. The second-order valence-corrected chi connectivity index (χ2v) is 9.79. The molecule has 1 aliphatic heterocycles. The zero-order valence-electron chi connectivity index (χ0n) is 17.6. The number of carbonyl (C=O) groups excluding carboxylic acids is 1. The molecule has 0 radical (unpaired) electrons. The molecule has 162 valence electrons. The molecule has 30 heavy (non-hydrogen) atoms. The lowest BCUT2D eigenvalue weighted by Crippen LogP contribution is -2.35. The smallest absolute Gasteiger partial charge is 0.251 e. The molecule has 0 atom stereocenters. The van der Waals surface area contributed by atoms with Crippen molar-refractivity contribution in [1.82, 2.24) is 9.62 Å². The van der Waals surface area contributed by atoms with Gasteiger partial charge >= 0.3 is 0 Å². The summed E-state index contributed by atoms with van der Waals surface area (Å²) in [5.41, 5.74) is 2.45. The van der Waals surface area contributed by atoms with Crippen LogP contribution in [0.3, 0.4) is 0 Å². The Morgan fingerprint density at radius 3 is 2.17 bits per heavy atom. The number of sulfonamides is 1. The van der Waals surface area contributed by atoms with E-state index in [1.165, 1.54) is 0 Å². The van der Waals surface area contributed by atoms with E-state index < -0.39 is 10.0 Å². The first-order valence-electron chi connectivity index (χ1n) is 10.4. The van der Waals surface area contributed by atoms with Gasteiger partial charge < -0.3 is 10.1 Å². The number of hydrogen-bond donors (Lipinski definition) is 1. The van der Waals surface area contributed by atoms with E-state index in [0.29, 0.717) is 36.7 Å². The number of amides is 1. The largest absolute Gasteiger partial charge is 0.374 e. The second kappa shape index (κ2) is 10.2. The zero-order valence-corrected chi connectivity index (χ0v) is 18.5. The molecule has 6 nitrogen and oxygen atoms in total. The van der Waals surface area contributed by atoms with E-state index in [1.807, 2.05) is 26.0 Å². The first kappa shape index (κ1) is 22.5. The van der Waals surface area contributed by atoms with E-state index >= 15 is 0 Å². The van der Waals surface area contributed by atoms with Gasteiger partial charge in [0.05, 0.1) is 17.6 Å². The molecule has 1 saturated heterocycles. The summed E-state index contributed by atoms with van der Waals surface area (Å²) < 4.78 is 32.5. The van der Waals surface area contributed by atoms with Gasteiger partial charge in [0.15, 0.2) is 0 Å². The number of rotatable bonds is 8. The quantitative estimate of drug-likeness (QED) is 0.693. The topological polar surface area (TPSA) is 75.7 Å². The van der Waals surface area contributed by atoms with Crippen LogP contribution in [-0.2, 0) is 27.9 Å². The van der Waals surface area contributed by atoms with Crippen molar-refractivity contribution in [3.63, 3.8) is 0 Å². The van der Waals surface area contributed by atoms with Crippen molar-refractivity contribution in [2.24, 2.45) is 0 Å². The van der Waals surface area contributed by atoms with Crippen LogP contribution in [0.2, 0.25) is 0 Å². The van der Waals surface area contributed by atoms with Crippen molar-refractivity contribution < 1.29 is 17.9 Å². The molecule has 0 aromatic heterocycles. The SMILES string of the molecule is CC(C)OCc1ccc(C(=O)NCc2ccc(S(=O)(=O)N3CCCCC3)cc2)cc1. The standard InChI is InChI=1S/C23H30N2O4S/c1-18(2)29-17-20-6-10-21(11-7-20)23(26)24-16-19-8-12-22(13-9-19)30(27,28)25-14-4-3-5-15-25/h6-13,18H,3-5,14-17H2,1-2H3,(H,24,26). The molecule has 0 spiro atoms. The molecule has 1 heterocycles. The normalized spacial score (nSPS) is 15.3. The Morgan fingerprint density at radius 1 is 0.967 bits per heavy atom. The van der Waals surface area contributed by atoms with E-state index in [0.717, 1.165) is 30.4 Å². The molecule has 0 saturated carbocycles. The summed E-state index contributed by atoms with van der Waals surface area (Å²) in [5, 5.41) is 2.88.